The topological polar surface area (TPSA) is 6.48 Å². The van der Waals surface area contributed by atoms with Crippen molar-refractivity contribution in [3.8, 4) is 0 Å². The second kappa shape index (κ2) is 8.41. The monoisotopic (exact) mass is 442 g/mol. The molecular weight excluding hydrogens is 407 g/mol. The number of nitrogens with zero attached hydrogens (tertiary/aromatic N) is 2. The Bertz CT molecular complexity index is 1100. The van der Waals surface area contributed by atoms with E-state index in [1.54, 1.807) is 0 Å². The third-order valence-electron chi connectivity index (χ3n) is 6.32. The molecule has 1 heterocycles. The van der Waals surface area contributed by atoms with Gasteiger partial charge in [-0.05, 0) is 95.7 Å². The molecular formula is C29H35N2P. The van der Waals surface area contributed by atoms with Crippen LogP contribution in [0.3, 0.4) is 0 Å². The SMILES string of the molecule is Cc1cc(C)c(N2C=CN(c3c(C)cc(C)cc3C)P2c2c(C)cc(C)cc2C)c(C)c1. The molecule has 3 heteroatoms. The molecule has 0 amide bonds. The molecule has 1 aliphatic rings. The van der Waals surface area contributed by atoms with Gasteiger partial charge in [-0.15, -0.1) is 0 Å². The Morgan fingerprint density at radius 3 is 1.03 bits per heavy atom. The van der Waals surface area contributed by atoms with Gasteiger partial charge in [0.2, 0.25) is 0 Å². The van der Waals surface area contributed by atoms with Crippen LogP contribution in [0.4, 0.5) is 11.4 Å². The number of hydrogen-bond acceptors (Lipinski definition) is 2. The first-order valence-electron chi connectivity index (χ1n) is 11.4. The first-order chi connectivity index (χ1) is 15.1. The van der Waals surface area contributed by atoms with Crippen molar-refractivity contribution < 1.29 is 0 Å². The Labute approximate surface area is 195 Å². The average Bonchev–Trinajstić information content (AvgIpc) is 3.03. The van der Waals surface area contributed by atoms with Crippen molar-refractivity contribution in [3.05, 3.63) is 98.9 Å². The Balaban J connectivity index is 1.97. The fourth-order valence-corrected chi connectivity index (χ4v) is 8.25. The summed E-state index contributed by atoms with van der Waals surface area (Å²) in [5.74, 6) is 0. The normalized spacial score (nSPS) is 14.0. The van der Waals surface area contributed by atoms with E-state index >= 15 is 0 Å². The van der Waals surface area contributed by atoms with E-state index < -0.39 is 8.22 Å². The van der Waals surface area contributed by atoms with Crippen LogP contribution in [-0.4, -0.2) is 0 Å². The molecule has 32 heavy (non-hydrogen) atoms. The summed E-state index contributed by atoms with van der Waals surface area (Å²) in [7, 11) is -0.802. The zero-order valence-corrected chi connectivity index (χ0v) is 21.9. The molecule has 0 saturated carbocycles. The number of anilines is 2. The summed E-state index contributed by atoms with van der Waals surface area (Å²) in [5, 5.41) is 1.45. The highest BCUT2D eigenvalue weighted by Crippen LogP contribution is 2.56. The maximum atomic E-state index is 2.54. The van der Waals surface area contributed by atoms with Gasteiger partial charge in [0.15, 0.2) is 0 Å². The van der Waals surface area contributed by atoms with E-state index in [4.69, 9.17) is 0 Å². The van der Waals surface area contributed by atoms with E-state index in [2.05, 4.69) is 120 Å². The minimum Gasteiger partial charge on any atom is -0.303 e. The van der Waals surface area contributed by atoms with E-state index in [1.807, 2.05) is 0 Å². The van der Waals surface area contributed by atoms with Crippen LogP contribution < -0.4 is 14.6 Å². The van der Waals surface area contributed by atoms with Gasteiger partial charge in [-0.25, -0.2) is 0 Å². The van der Waals surface area contributed by atoms with Gasteiger partial charge in [0.1, 0.15) is 8.22 Å². The van der Waals surface area contributed by atoms with Gasteiger partial charge in [-0.1, -0.05) is 53.1 Å². The fraction of sp³-hybridized carbons (Fsp3) is 0.310. The van der Waals surface area contributed by atoms with E-state index in [1.165, 1.54) is 66.8 Å². The second-order valence-corrected chi connectivity index (χ2v) is 11.4. The summed E-state index contributed by atoms with van der Waals surface area (Å²) >= 11 is 0. The maximum Gasteiger partial charge on any atom is 0.138 e. The van der Waals surface area contributed by atoms with Gasteiger partial charge in [0.25, 0.3) is 0 Å². The van der Waals surface area contributed by atoms with E-state index in [0.29, 0.717) is 0 Å². The van der Waals surface area contributed by atoms with Crippen LogP contribution in [0.5, 0.6) is 0 Å². The molecule has 4 rings (SSSR count). The Morgan fingerprint density at radius 1 is 0.438 bits per heavy atom. The van der Waals surface area contributed by atoms with Gasteiger partial charge in [0, 0.05) is 17.7 Å². The minimum absolute atomic E-state index is 0.802. The predicted octanol–water partition coefficient (Wildman–Crippen LogP) is 7.90. The summed E-state index contributed by atoms with van der Waals surface area (Å²) < 4.78 is 5.09. The molecule has 2 nitrogen and oxygen atoms in total. The number of benzene rings is 3. The smallest absolute Gasteiger partial charge is 0.138 e. The highest BCUT2D eigenvalue weighted by molar-refractivity contribution is 7.69. The van der Waals surface area contributed by atoms with Crippen molar-refractivity contribution in [3.63, 3.8) is 0 Å². The molecule has 3 aromatic rings. The maximum absolute atomic E-state index is 2.54. The molecule has 0 fully saturated rings. The van der Waals surface area contributed by atoms with Gasteiger partial charge < -0.3 is 9.34 Å². The van der Waals surface area contributed by atoms with Crippen LogP contribution in [0.1, 0.15) is 50.1 Å². The zero-order chi connectivity index (χ0) is 23.3. The summed E-state index contributed by atoms with van der Waals surface area (Å²) in [6, 6.07) is 13.9. The van der Waals surface area contributed by atoms with Crippen molar-refractivity contribution in [2.45, 2.75) is 62.3 Å². The van der Waals surface area contributed by atoms with Gasteiger partial charge >= 0.3 is 0 Å². The first kappa shape index (κ1) is 22.6. The van der Waals surface area contributed by atoms with Crippen LogP contribution >= 0.6 is 8.22 Å². The summed E-state index contributed by atoms with van der Waals surface area (Å²) in [4.78, 5) is 0. The van der Waals surface area contributed by atoms with Crippen molar-refractivity contribution in [2.24, 2.45) is 0 Å². The number of hydrogen-bond donors (Lipinski definition) is 0. The Hall–Kier alpha value is -2.57. The zero-order valence-electron chi connectivity index (χ0n) is 21.0. The Morgan fingerprint density at radius 2 is 0.719 bits per heavy atom. The summed E-state index contributed by atoms with van der Waals surface area (Å²) in [6.07, 6.45) is 4.60. The van der Waals surface area contributed by atoms with Gasteiger partial charge in [-0.3, -0.25) is 0 Å². The number of rotatable bonds is 3. The highest BCUT2D eigenvalue weighted by atomic mass is 31.1. The molecule has 0 atom stereocenters. The first-order valence-corrected chi connectivity index (χ1v) is 12.6. The quantitative estimate of drug-likeness (QED) is 0.380. The largest absolute Gasteiger partial charge is 0.303 e. The lowest BCUT2D eigenvalue weighted by Gasteiger charge is -2.37. The van der Waals surface area contributed by atoms with Crippen molar-refractivity contribution in [1.29, 1.82) is 0 Å². The van der Waals surface area contributed by atoms with Crippen LogP contribution in [0.2, 0.25) is 0 Å². The van der Waals surface area contributed by atoms with Crippen molar-refractivity contribution in [1.82, 2.24) is 0 Å². The minimum atomic E-state index is -0.802. The third-order valence-corrected chi connectivity index (χ3v) is 8.91. The summed E-state index contributed by atoms with van der Waals surface area (Å²) in [5.41, 5.74) is 14.7. The molecule has 1 aliphatic heterocycles. The molecule has 0 saturated heterocycles. The average molecular weight is 443 g/mol. The Kier molecular flexibility index (Phi) is 5.94. The van der Waals surface area contributed by atoms with Crippen LogP contribution in [-0.2, 0) is 0 Å². The summed E-state index contributed by atoms with van der Waals surface area (Å²) in [6.45, 7) is 20.1. The molecule has 0 unspecified atom stereocenters. The van der Waals surface area contributed by atoms with Gasteiger partial charge in [-0.2, -0.15) is 0 Å². The van der Waals surface area contributed by atoms with Crippen molar-refractivity contribution >= 4 is 24.9 Å². The molecule has 3 aromatic carbocycles. The molecule has 0 radical (unpaired) electrons. The lowest BCUT2D eigenvalue weighted by Crippen LogP contribution is -2.27. The van der Waals surface area contributed by atoms with E-state index in [0.717, 1.165) is 0 Å². The molecule has 0 aliphatic carbocycles. The molecule has 0 spiro atoms. The van der Waals surface area contributed by atoms with Crippen LogP contribution in [0, 0.1) is 62.3 Å². The molecule has 0 N–H and O–H groups in total. The van der Waals surface area contributed by atoms with Crippen LogP contribution in [0.25, 0.3) is 0 Å². The molecule has 166 valence electrons. The standard InChI is InChI=1S/C29H35N2P/c1-18-12-21(4)27(22(5)13-18)30-10-11-31(28-23(6)14-19(2)15-24(28)7)32(30)29-25(8)16-20(3)17-26(29)9/h10-17H,1-9H3. The van der Waals surface area contributed by atoms with E-state index in [-0.39, 0.29) is 0 Å². The third kappa shape index (κ3) is 3.86. The lowest BCUT2D eigenvalue weighted by molar-refractivity contribution is 1.26. The fourth-order valence-electron chi connectivity index (χ4n) is 5.47. The molecule has 0 bridgehead atoms. The number of aryl methyl sites for hydroxylation is 9. The van der Waals surface area contributed by atoms with Crippen LogP contribution in [0.15, 0.2) is 48.8 Å². The lowest BCUT2D eigenvalue weighted by atomic mass is 10.1. The highest BCUT2D eigenvalue weighted by Gasteiger charge is 2.35. The second-order valence-electron chi connectivity index (χ2n) is 9.52. The predicted molar refractivity (Wildman–Crippen MR) is 143 cm³/mol. The van der Waals surface area contributed by atoms with Gasteiger partial charge in [0.05, 0.1) is 11.4 Å². The van der Waals surface area contributed by atoms with Crippen molar-refractivity contribution in [2.75, 3.05) is 9.34 Å². The van der Waals surface area contributed by atoms with E-state index in [9.17, 15) is 0 Å². The molecule has 0 aromatic heterocycles.